The number of fused-ring (bicyclic) bond motifs is 2. The lowest BCUT2D eigenvalue weighted by Gasteiger charge is -2.26. The number of ether oxygens (including phenoxy) is 4. The van der Waals surface area contributed by atoms with Gasteiger partial charge in [-0.1, -0.05) is 59.9 Å². The number of aliphatic hydroxyl groups is 1. The fourth-order valence-electron chi connectivity index (χ4n) is 7.84. The molecule has 3 aliphatic rings. The minimum absolute atomic E-state index is 0.0569. The number of methoxy groups -OCH3 is 2. The summed E-state index contributed by atoms with van der Waals surface area (Å²) in [5, 5.41) is 20.9. The van der Waals surface area contributed by atoms with Crippen LogP contribution in [-0.4, -0.2) is 121 Å². The molecule has 0 radical (unpaired) electrons. The van der Waals surface area contributed by atoms with Crippen LogP contribution in [0.15, 0.2) is 95.1 Å². The summed E-state index contributed by atoms with van der Waals surface area (Å²) in [6.07, 6.45) is 2.92. The van der Waals surface area contributed by atoms with E-state index < -0.39 is 0 Å². The molecule has 1 unspecified atom stereocenters. The van der Waals surface area contributed by atoms with Crippen molar-refractivity contribution < 1.29 is 33.6 Å². The number of imidazole rings is 2. The van der Waals surface area contributed by atoms with Crippen LogP contribution in [0.4, 0.5) is 9.59 Å². The number of carbonyl (C=O) groups excluding carboxylic acids is 2. The zero-order chi connectivity index (χ0) is 44.6. The van der Waals surface area contributed by atoms with Crippen molar-refractivity contribution in [3.8, 4) is 34.3 Å². The maximum atomic E-state index is 12.4. The molecule has 0 saturated carbocycles. The Bertz CT molecular complexity index is 2690. The Balaban J connectivity index is 0.000000178. The number of aromatic nitrogens is 4. The van der Waals surface area contributed by atoms with Crippen LogP contribution in [0.25, 0.3) is 44.8 Å². The van der Waals surface area contributed by atoms with Crippen molar-refractivity contribution in [2.75, 3.05) is 58.6 Å². The van der Waals surface area contributed by atoms with Gasteiger partial charge < -0.3 is 33.2 Å². The Morgan fingerprint density at radius 2 is 1.22 bits per heavy atom. The summed E-state index contributed by atoms with van der Waals surface area (Å²) in [7, 11) is 3.32. The Morgan fingerprint density at radius 3 is 1.69 bits per heavy atom. The standard InChI is InChI=1S/C26H30N4O4S.C21H22N4O3S/c1-3-29-23-11-10-18(16-21(23)27-25(29)19-7-6-8-20(15-19)32-2)22-17-35-26(31)30(28-22)12-14-34-24-9-4-5-13-33-24;1-3-24-19-8-7-14(18-13-29-21(27)25(23-18)9-10-26)12-17(19)22-20(24)15-5-4-6-16(11-15)28-2/h6-8,10-11,15-16,24H,3-5,9,12-14,17H2,1-2H3;4-8,11-12,26H,3,9-10,13H2,1-2H3. The minimum Gasteiger partial charge on any atom is -0.497 e. The summed E-state index contributed by atoms with van der Waals surface area (Å²) in [5.41, 5.74) is 9.45. The summed E-state index contributed by atoms with van der Waals surface area (Å²) in [6, 6.07) is 28.1. The smallest absolute Gasteiger partial charge is 0.302 e. The highest BCUT2D eigenvalue weighted by molar-refractivity contribution is 8.14. The van der Waals surface area contributed by atoms with Gasteiger partial charge in [0.15, 0.2) is 6.29 Å². The molecule has 5 heterocycles. The molecule has 1 fully saturated rings. The molecular weight excluding hydrogens is 853 g/mol. The van der Waals surface area contributed by atoms with Crippen LogP contribution in [0.5, 0.6) is 11.5 Å². The number of β-amino-alcohol motifs (C(OH)–C–C–N with tert-alkyl or cyclic N) is 1. The van der Waals surface area contributed by atoms with E-state index in [1.54, 1.807) is 14.2 Å². The number of amides is 2. The monoisotopic (exact) mass is 904 g/mol. The van der Waals surface area contributed by atoms with Crippen molar-refractivity contribution in [1.29, 1.82) is 0 Å². The first-order valence-electron chi connectivity index (χ1n) is 21.5. The fourth-order valence-corrected chi connectivity index (χ4v) is 9.37. The second kappa shape index (κ2) is 20.9. The Morgan fingerprint density at radius 1 is 0.688 bits per heavy atom. The average molecular weight is 905 g/mol. The predicted octanol–water partition coefficient (Wildman–Crippen LogP) is 8.74. The number of thioether (sulfide) groups is 2. The van der Waals surface area contributed by atoms with E-state index in [1.807, 2.05) is 66.7 Å². The summed E-state index contributed by atoms with van der Waals surface area (Å²) in [4.78, 5) is 34.2. The lowest BCUT2D eigenvalue weighted by Crippen LogP contribution is -2.34. The van der Waals surface area contributed by atoms with Gasteiger partial charge in [0, 0.05) is 53.5 Å². The van der Waals surface area contributed by atoms with Crippen LogP contribution < -0.4 is 9.47 Å². The van der Waals surface area contributed by atoms with Gasteiger partial charge >= 0.3 is 10.5 Å². The molecule has 4 aromatic carbocycles. The number of hydrogen-bond acceptors (Lipinski definition) is 13. The van der Waals surface area contributed by atoms with Gasteiger partial charge in [0.05, 0.1) is 74.0 Å². The predicted molar refractivity (Wildman–Crippen MR) is 254 cm³/mol. The lowest BCUT2D eigenvalue weighted by molar-refractivity contribution is -0.163. The van der Waals surface area contributed by atoms with Gasteiger partial charge in [0.2, 0.25) is 0 Å². The fraction of sp³-hybridized carbons (Fsp3) is 0.362. The van der Waals surface area contributed by atoms with Crippen LogP contribution in [0.3, 0.4) is 0 Å². The number of aliphatic hydroxyl groups excluding tert-OH is 1. The molecule has 15 nitrogen and oxygen atoms in total. The molecule has 1 saturated heterocycles. The third kappa shape index (κ3) is 9.98. The quantitative estimate of drug-likeness (QED) is 0.111. The molecule has 64 heavy (non-hydrogen) atoms. The highest BCUT2D eigenvalue weighted by atomic mass is 32.2. The Labute approximate surface area is 380 Å². The second-order valence-electron chi connectivity index (χ2n) is 15.1. The molecule has 0 aliphatic carbocycles. The van der Waals surface area contributed by atoms with Gasteiger partial charge in [-0.3, -0.25) is 9.59 Å². The number of benzene rings is 4. The third-order valence-corrected chi connectivity index (χ3v) is 12.8. The molecule has 1 atom stereocenters. The molecule has 1 N–H and O–H groups in total. The summed E-state index contributed by atoms with van der Waals surface area (Å²) in [6.45, 7) is 7.42. The van der Waals surface area contributed by atoms with Crippen molar-refractivity contribution in [1.82, 2.24) is 29.1 Å². The maximum absolute atomic E-state index is 12.4. The third-order valence-electron chi connectivity index (χ3n) is 11.1. The molecule has 0 bridgehead atoms. The zero-order valence-corrected chi connectivity index (χ0v) is 38.1. The lowest BCUT2D eigenvalue weighted by atomic mass is 10.1. The number of aryl methyl sites for hydroxylation is 2. The molecule has 9 rings (SSSR count). The van der Waals surface area contributed by atoms with Crippen molar-refractivity contribution in [3.63, 3.8) is 0 Å². The highest BCUT2D eigenvalue weighted by Crippen LogP contribution is 2.31. The number of hydrazone groups is 2. The van der Waals surface area contributed by atoms with Crippen molar-refractivity contribution >= 4 is 67.5 Å². The molecule has 0 spiro atoms. The highest BCUT2D eigenvalue weighted by Gasteiger charge is 2.25. The number of hydrogen-bond donors (Lipinski definition) is 1. The summed E-state index contributed by atoms with van der Waals surface area (Å²) in [5.74, 6) is 4.41. The van der Waals surface area contributed by atoms with Crippen LogP contribution in [0.2, 0.25) is 0 Å². The van der Waals surface area contributed by atoms with E-state index >= 15 is 0 Å². The second-order valence-corrected chi connectivity index (χ2v) is 16.9. The van der Waals surface area contributed by atoms with Crippen molar-refractivity contribution in [2.24, 2.45) is 10.2 Å². The van der Waals surface area contributed by atoms with Crippen LogP contribution in [-0.2, 0) is 22.6 Å². The molecular formula is C47H52N8O7S2. The molecule has 6 aromatic rings. The van der Waals surface area contributed by atoms with Crippen molar-refractivity contribution in [3.05, 3.63) is 96.1 Å². The molecule has 334 valence electrons. The first kappa shape index (κ1) is 44.9. The van der Waals surface area contributed by atoms with E-state index in [9.17, 15) is 9.59 Å². The molecule has 17 heteroatoms. The normalized spacial score (nSPS) is 16.7. The SMILES string of the molecule is CCn1c(-c2cccc(OC)c2)nc2cc(C3=NN(CCO)C(=O)SC3)ccc21.CCn1c(-c2cccc(OC)c2)nc2cc(C3=NN(CCOC4CCCCO4)C(=O)SC3)ccc21. The van der Waals surface area contributed by atoms with Gasteiger partial charge in [-0.05, 0) is 81.6 Å². The van der Waals surface area contributed by atoms with E-state index in [1.165, 1.54) is 33.5 Å². The van der Waals surface area contributed by atoms with Crippen LogP contribution in [0, 0.1) is 0 Å². The minimum atomic E-state index is -0.172. The number of carbonyl (C=O) groups is 2. The first-order chi connectivity index (χ1) is 31.3. The first-order valence-corrected chi connectivity index (χ1v) is 23.5. The van der Waals surface area contributed by atoms with E-state index in [-0.39, 0.29) is 29.9 Å². The van der Waals surface area contributed by atoms with E-state index in [2.05, 4.69) is 51.4 Å². The largest absolute Gasteiger partial charge is 0.497 e. The maximum Gasteiger partial charge on any atom is 0.302 e. The van der Waals surface area contributed by atoms with Gasteiger partial charge in [-0.15, -0.1) is 0 Å². The molecule has 2 amide bonds. The topological polar surface area (TPSA) is 158 Å². The molecule has 3 aliphatic heterocycles. The number of rotatable bonds is 14. The van der Waals surface area contributed by atoms with Crippen molar-refractivity contribution in [2.45, 2.75) is 52.5 Å². The van der Waals surface area contributed by atoms with Crippen LogP contribution in [0.1, 0.15) is 44.2 Å². The van der Waals surface area contributed by atoms with Gasteiger partial charge in [-0.2, -0.15) is 10.2 Å². The summed E-state index contributed by atoms with van der Waals surface area (Å²) >= 11 is 2.46. The van der Waals surface area contributed by atoms with Crippen LogP contribution >= 0.6 is 23.5 Å². The Kier molecular flexibility index (Phi) is 14.6. The molecule has 2 aromatic heterocycles. The number of nitrogens with zero attached hydrogens (tertiary/aromatic N) is 8. The Hall–Kier alpha value is -5.72. The van der Waals surface area contributed by atoms with Gasteiger partial charge in [-0.25, -0.2) is 20.0 Å². The van der Waals surface area contributed by atoms with Gasteiger partial charge in [0.25, 0.3) is 0 Å². The van der Waals surface area contributed by atoms with E-state index in [4.69, 9.17) is 34.0 Å². The van der Waals surface area contributed by atoms with Gasteiger partial charge in [0.1, 0.15) is 23.1 Å². The van der Waals surface area contributed by atoms with E-state index in [0.29, 0.717) is 24.7 Å². The summed E-state index contributed by atoms with van der Waals surface area (Å²) < 4.78 is 26.5. The van der Waals surface area contributed by atoms with E-state index in [0.717, 1.165) is 118 Å². The average Bonchev–Trinajstić information content (AvgIpc) is 3.91. The zero-order valence-electron chi connectivity index (χ0n) is 36.4.